The molecule has 0 aromatic heterocycles. The molecule has 0 saturated heterocycles. The molecule has 7 nitrogen and oxygen atoms in total. The predicted molar refractivity (Wildman–Crippen MR) is 56.4 cm³/mol. The average molecular weight is 253 g/mol. The first-order chi connectivity index (χ1) is 7.43. The molecule has 0 aliphatic carbocycles. The van der Waals surface area contributed by atoms with Gasteiger partial charge in [0.25, 0.3) is 0 Å². The molecule has 0 aromatic carbocycles. The summed E-state index contributed by atoms with van der Waals surface area (Å²) in [6.07, 6.45) is -0.470. The van der Waals surface area contributed by atoms with Crippen molar-refractivity contribution in [3.8, 4) is 0 Å². The Morgan fingerprint density at radius 3 is 2.12 bits per heavy atom. The summed E-state index contributed by atoms with van der Waals surface area (Å²) in [4.78, 5) is 21.4. The van der Waals surface area contributed by atoms with Crippen LogP contribution in [0, 0.1) is 0 Å². The Morgan fingerprint density at radius 1 is 1.25 bits per heavy atom. The summed E-state index contributed by atoms with van der Waals surface area (Å²) in [6, 6.07) is 0. The molecular weight excluding hydrogens is 237 g/mol. The second-order valence-electron chi connectivity index (χ2n) is 2.78. The Balaban J connectivity index is 4.23. The quantitative estimate of drug-likeness (QED) is 0.609. The van der Waals surface area contributed by atoms with E-state index < -0.39 is 32.2 Å². The van der Waals surface area contributed by atoms with Crippen molar-refractivity contribution in [2.75, 3.05) is 25.9 Å². The summed E-state index contributed by atoms with van der Waals surface area (Å²) in [7, 11) is -3.44. The molecule has 0 aromatic rings. The predicted octanol–water partition coefficient (Wildman–Crippen LogP) is 0.453. The van der Waals surface area contributed by atoms with Gasteiger partial charge in [-0.05, 0) is 13.8 Å². The van der Waals surface area contributed by atoms with Gasteiger partial charge in [-0.3, -0.25) is 14.2 Å². The van der Waals surface area contributed by atoms with Crippen LogP contribution in [0.2, 0.25) is 0 Å². The van der Waals surface area contributed by atoms with Crippen LogP contribution in [0.5, 0.6) is 0 Å². The third kappa shape index (κ3) is 6.55. The van der Waals surface area contributed by atoms with Crippen LogP contribution in [0.15, 0.2) is 0 Å². The van der Waals surface area contributed by atoms with E-state index in [2.05, 4.69) is 5.32 Å². The van der Waals surface area contributed by atoms with E-state index in [0.717, 1.165) is 0 Å². The van der Waals surface area contributed by atoms with Gasteiger partial charge in [0, 0.05) is 0 Å². The molecule has 0 aliphatic rings. The Kier molecular flexibility index (Phi) is 6.96. The lowest BCUT2D eigenvalue weighted by molar-refractivity contribution is -0.137. The van der Waals surface area contributed by atoms with Crippen molar-refractivity contribution in [3.63, 3.8) is 0 Å². The minimum atomic E-state index is -3.44. The van der Waals surface area contributed by atoms with E-state index in [-0.39, 0.29) is 13.2 Å². The topological polar surface area (TPSA) is 102 Å². The highest BCUT2D eigenvalue weighted by Crippen LogP contribution is 2.47. The number of rotatable bonds is 8. The van der Waals surface area contributed by atoms with Crippen molar-refractivity contribution in [2.24, 2.45) is 0 Å². The molecule has 0 spiro atoms. The van der Waals surface area contributed by atoms with Crippen LogP contribution < -0.4 is 5.32 Å². The number of hydrogen-bond donors (Lipinski definition) is 2. The second-order valence-corrected chi connectivity index (χ2v) is 4.83. The fraction of sp³-hybridized carbons (Fsp3) is 0.750. The van der Waals surface area contributed by atoms with Gasteiger partial charge in [-0.2, -0.15) is 0 Å². The third-order valence-corrected chi connectivity index (χ3v) is 3.40. The van der Waals surface area contributed by atoms with Gasteiger partial charge in [-0.25, -0.2) is 0 Å². The lowest BCUT2D eigenvalue weighted by Crippen LogP contribution is -2.31. The highest BCUT2D eigenvalue weighted by atomic mass is 31.2. The van der Waals surface area contributed by atoms with Gasteiger partial charge >= 0.3 is 13.6 Å². The van der Waals surface area contributed by atoms with Crippen molar-refractivity contribution in [2.45, 2.75) is 13.8 Å². The van der Waals surface area contributed by atoms with Crippen LogP contribution in [0.1, 0.15) is 13.8 Å². The molecule has 0 bridgehead atoms. The SMILES string of the molecule is CCOP(=O)(CC(=O)NCC(=O)O)OCC. The normalized spacial score (nSPS) is 11.1. The van der Waals surface area contributed by atoms with E-state index in [1.807, 2.05) is 0 Å². The number of carboxylic acid groups (broad SMARTS) is 1. The molecule has 0 aliphatic heterocycles. The second kappa shape index (κ2) is 7.38. The Labute approximate surface area is 93.7 Å². The first kappa shape index (κ1) is 15.1. The van der Waals surface area contributed by atoms with Crippen molar-refractivity contribution in [3.05, 3.63) is 0 Å². The van der Waals surface area contributed by atoms with Gasteiger partial charge in [0.05, 0.1) is 13.2 Å². The van der Waals surface area contributed by atoms with E-state index in [1.165, 1.54) is 0 Å². The molecule has 0 saturated carbocycles. The first-order valence-electron chi connectivity index (χ1n) is 4.80. The first-order valence-corrected chi connectivity index (χ1v) is 6.53. The number of nitrogens with one attached hydrogen (secondary N) is 1. The van der Waals surface area contributed by atoms with Gasteiger partial charge in [0.2, 0.25) is 5.91 Å². The van der Waals surface area contributed by atoms with Gasteiger partial charge in [0.15, 0.2) is 0 Å². The zero-order valence-electron chi connectivity index (χ0n) is 9.26. The molecule has 0 unspecified atom stereocenters. The maximum absolute atomic E-state index is 11.8. The molecule has 0 rings (SSSR count). The van der Waals surface area contributed by atoms with E-state index >= 15 is 0 Å². The monoisotopic (exact) mass is 253 g/mol. The van der Waals surface area contributed by atoms with Crippen LogP contribution >= 0.6 is 7.60 Å². The van der Waals surface area contributed by atoms with Crippen LogP contribution in [0.25, 0.3) is 0 Å². The maximum Gasteiger partial charge on any atom is 0.340 e. The maximum atomic E-state index is 11.8. The zero-order valence-corrected chi connectivity index (χ0v) is 10.2. The molecule has 0 radical (unpaired) electrons. The molecule has 16 heavy (non-hydrogen) atoms. The van der Waals surface area contributed by atoms with Crippen molar-refractivity contribution >= 4 is 19.5 Å². The summed E-state index contributed by atoms with van der Waals surface area (Å²) < 4.78 is 21.6. The minimum absolute atomic E-state index is 0.156. The highest BCUT2D eigenvalue weighted by molar-refractivity contribution is 7.54. The number of carbonyl (C=O) groups excluding carboxylic acids is 1. The van der Waals surface area contributed by atoms with Gasteiger partial charge in [0.1, 0.15) is 12.7 Å². The number of amides is 1. The standard InChI is InChI=1S/C8H16NO6P/c1-3-14-16(13,15-4-2)6-7(10)9-5-8(11)12/h3-6H2,1-2H3,(H,9,10)(H,11,12). The molecule has 0 fully saturated rings. The summed E-state index contributed by atoms with van der Waals surface area (Å²) in [5.74, 6) is -1.84. The molecular formula is C8H16NO6P. The van der Waals surface area contributed by atoms with E-state index in [9.17, 15) is 14.2 Å². The smallest absolute Gasteiger partial charge is 0.340 e. The van der Waals surface area contributed by atoms with Crippen molar-refractivity contribution in [1.29, 1.82) is 0 Å². The summed E-state index contributed by atoms with van der Waals surface area (Å²) in [5, 5.41) is 10.4. The molecule has 1 amide bonds. The van der Waals surface area contributed by atoms with Crippen LogP contribution in [-0.2, 0) is 23.2 Å². The zero-order chi connectivity index (χ0) is 12.6. The number of carboxylic acids is 1. The van der Waals surface area contributed by atoms with Gasteiger partial charge < -0.3 is 19.5 Å². The summed E-state index contributed by atoms with van der Waals surface area (Å²) in [6.45, 7) is 3.05. The molecule has 2 N–H and O–H groups in total. The molecule has 0 atom stereocenters. The number of aliphatic carboxylic acids is 1. The summed E-state index contributed by atoms with van der Waals surface area (Å²) >= 11 is 0. The van der Waals surface area contributed by atoms with Crippen LogP contribution in [-0.4, -0.2) is 42.9 Å². The Bertz CT molecular complexity index is 282. The largest absolute Gasteiger partial charge is 0.480 e. The molecule has 0 heterocycles. The number of hydrogen-bond acceptors (Lipinski definition) is 5. The fourth-order valence-electron chi connectivity index (χ4n) is 0.928. The minimum Gasteiger partial charge on any atom is -0.480 e. The molecule has 8 heteroatoms. The Morgan fingerprint density at radius 2 is 1.75 bits per heavy atom. The van der Waals surface area contributed by atoms with E-state index in [0.29, 0.717) is 0 Å². The van der Waals surface area contributed by atoms with Crippen molar-refractivity contribution in [1.82, 2.24) is 5.32 Å². The fourth-order valence-corrected chi connectivity index (χ4v) is 2.44. The van der Waals surface area contributed by atoms with Crippen molar-refractivity contribution < 1.29 is 28.3 Å². The molecule has 94 valence electrons. The lowest BCUT2D eigenvalue weighted by Gasteiger charge is -2.16. The third-order valence-electron chi connectivity index (χ3n) is 1.43. The van der Waals surface area contributed by atoms with Crippen LogP contribution in [0.3, 0.4) is 0 Å². The van der Waals surface area contributed by atoms with E-state index in [4.69, 9.17) is 14.2 Å². The van der Waals surface area contributed by atoms with Crippen LogP contribution in [0.4, 0.5) is 0 Å². The lowest BCUT2D eigenvalue weighted by atomic mass is 10.6. The van der Waals surface area contributed by atoms with Gasteiger partial charge in [-0.1, -0.05) is 0 Å². The van der Waals surface area contributed by atoms with E-state index in [1.54, 1.807) is 13.8 Å². The van der Waals surface area contributed by atoms with Gasteiger partial charge in [-0.15, -0.1) is 0 Å². The average Bonchev–Trinajstić information content (AvgIpc) is 2.15. The highest BCUT2D eigenvalue weighted by Gasteiger charge is 2.27. The Hall–Kier alpha value is -0.910. The number of carbonyl (C=O) groups is 2. The summed E-state index contributed by atoms with van der Waals surface area (Å²) in [5.41, 5.74) is 0.